The number of ether oxygens (including phenoxy) is 2. The zero-order valence-electron chi connectivity index (χ0n) is 22.3. The standard InChI is InChI=1S/C28H32FNO3S.C2H6/c1-18-12-21-6-8-25(16-23(21)13-18)33-17-24-15-22(7-9-26(24)29)28-19(2)14-27(30-20(28)3)32-10-5-11-34(4)31;1-2/h6-9,14-16,18H,5,10-13,17H2,1-4H3;1-2H3. The third-order valence-electron chi connectivity index (χ3n) is 6.24. The van der Waals surface area contributed by atoms with Crippen LogP contribution < -0.4 is 9.47 Å². The van der Waals surface area contributed by atoms with E-state index in [4.69, 9.17) is 9.47 Å². The predicted octanol–water partition coefficient (Wildman–Crippen LogP) is 6.99. The van der Waals surface area contributed by atoms with Gasteiger partial charge in [0.1, 0.15) is 18.2 Å². The lowest BCUT2D eigenvalue weighted by Crippen LogP contribution is -2.06. The number of benzene rings is 2. The molecular weight excluding hydrogens is 473 g/mol. The average Bonchev–Trinajstić information content (AvgIpc) is 3.22. The summed E-state index contributed by atoms with van der Waals surface area (Å²) in [5.74, 6) is 2.33. The molecule has 194 valence electrons. The van der Waals surface area contributed by atoms with Gasteiger partial charge in [-0.15, -0.1) is 0 Å². The molecule has 0 amide bonds. The number of fused-ring (bicyclic) bond motifs is 1. The molecule has 6 heteroatoms. The molecule has 0 saturated heterocycles. The van der Waals surface area contributed by atoms with E-state index in [9.17, 15) is 8.60 Å². The molecule has 36 heavy (non-hydrogen) atoms. The Morgan fingerprint density at radius 1 is 1.03 bits per heavy atom. The summed E-state index contributed by atoms with van der Waals surface area (Å²) in [4.78, 5) is 4.59. The van der Waals surface area contributed by atoms with Crippen molar-refractivity contribution in [1.82, 2.24) is 4.98 Å². The molecule has 0 aliphatic heterocycles. The van der Waals surface area contributed by atoms with E-state index in [2.05, 4.69) is 24.0 Å². The Balaban J connectivity index is 0.00000176. The molecule has 4 rings (SSSR count). The number of pyridine rings is 1. The van der Waals surface area contributed by atoms with Crippen molar-refractivity contribution < 1.29 is 18.1 Å². The van der Waals surface area contributed by atoms with Crippen LogP contribution >= 0.6 is 0 Å². The van der Waals surface area contributed by atoms with E-state index in [1.807, 2.05) is 45.9 Å². The Kier molecular flexibility index (Phi) is 10.1. The van der Waals surface area contributed by atoms with Crippen molar-refractivity contribution in [1.29, 1.82) is 0 Å². The second kappa shape index (κ2) is 13.0. The summed E-state index contributed by atoms with van der Waals surface area (Å²) in [6.45, 7) is 10.8. The summed E-state index contributed by atoms with van der Waals surface area (Å²) < 4.78 is 37.6. The highest BCUT2D eigenvalue weighted by Gasteiger charge is 2.18. The molecule has 1 aromatic heterocycles. The van der Waals surface area contributed by atoms with E-state index < -0.39 is 10.8 Å². The van der Waals surface area contributed by atoms with Gasteiger partial charge in [-0.3, -0.25) is 4.21 Å². The normalized spacial score (nSPS) is 15.0. The summed E-state index contributed by atoms with van der Waals surface area (Å²) >= 11 is 0. The van der Waals surface area contributed by atoms with Crippen LogP contribution in [0.3, 0.4) is 0 Å². The first-order chi connectivity index (χ1) is 17.3. The molecule has 0 N–H and O–H groups in total. The first kappa shape index (κ1) is 27.9. The number of nitrogens with zero attached hydrogens (tertiary/aromatic N) is 1. The van der Waals surface area contributed by atoms with Crippen LogP contribution in [0, 0.1) is 25.6 Å². The van der Waals surface area contributed by atoms with Crippen molar-refractivity contribution in [2.24, 2.45) is 5.92 Å². The Bertz CT molecular complexity index is 1190. The maximum absolute atomic E-state index is 14.6. The van der Waals surface area contributed by atoms with E-state index in [1.54, 1.807) is 12.3 Å². The van der Waals surface area contributed by atoms with Gasteiger partial charge in [0.05, 0.1) is 6.61 Å². The van der Waals surface area contributed by atoms with Gasteiger partial charge in [-0.1, -0.05) is 32.9 Å². The number of hydrogen-bond acceptors (Lipinski definition) is 4. The van der Waals surface area contributed by atoms with Gasteiger partial charge in [0.15, 0.2) is 0 Å². The van der Waals surface area contributed by atoms with Crippen LogP contribution in [0.25, 0.3) is 11.1 Å². The first-order valence-corrected chi connectivity index (χ1v) is 14.5. The van der Waals surface area contributed by atoms with Crippen LogP contribution in [0.1, 0.15) is 55.1 Å². The fourth-order valence-corrected chi connectivity index (χ4v) is 5.18. The van der Waals surface area contributed by atoms with Crippen molar-refractivity contribution in [3.63, 3.8) is 0 Å². The molecule has 3 aromatic rings. The van der Waals surface area contributed by atoms with Crippen molar-refractivity contribution in [3.8, 4) is 22.8 Å². The molecule has 0 radical (unpaired) electrons. The first-order valence-electron chi connectivity index (χ1n) is 12.7. The third-order valence-corrected chi connectivity index (χ3v) is 7.11. The topological polar surface area (TPSA) is 48.4 Å². The number of halogens is 1. The van der Waals surface area contributed by atoms with Crippen LogP contribution in [-0.4, -0.2) is 27.8 Å². The number of rotatable bonds is 9. The minimum atomic E-state index is -0.822. The highest BCUT2D eigenvalue weighted by molar-refractivity contribution is 7.84. The quantitative estimate of drug-likeness (QED) is 0.291. The van der Waals surface area contributed by atoms with Crippen molar-refractivity contribution in [3.05, 3.63) is 76.2 Å². The van der Waals surface area contributed by atoms with Gasteiger partial charge in [0, 0.05) is 45.7 Å². The smallest absolute Gasteiger partial charge is 0.213 e. The van der Waals surface area contributed by atoms with Crippen molar-refractivity contribution in [2.45, 2.75) is 60.5 Å². The number of aryl methyl sites for hydroxylation is 2. The Morgan fingerprint density at radius 3 is 2.50 bits per heavy atom. The molecule has 1 heterocycles. The van der Waals surface area contributed by atoms with E-state index in [0.29, 0.717) is 29.7 Å². The summed E-state index contributed by atoms with van der Waals surface area (Å²) in [5.41, 5.74) is 6.93. The fraction of sp³-hybridized carbons (Fsp3) is 0.433. The lowest BCUT2D eigenvalue weighted by Gasteiger charge is -2.15. The van der Waals surface area contributed by atoms with Crippen LogP contribution in [0.4, 0.5) is 4.39 Å². The molecule has 1 aliphatic rings. The van der Waals surface area contributed by atoms with Crippen LogP contribution in [0.2, 0.25) is 0 Å². The summed E-state index contributed by atoms with van der Waals surface area (Å²) in [5, 5.41) is 0. The largest absolute Gasteiger partial charge is 0.489 e. The molecule has 2 aromatic carbocycles. The van der Waals surface area contributed by atoms with E-state index >= 15 is 0 Å². The second-order valence-corrected chi connectivity index (χ2v) is 10.8. The van der Waals surface area contributed by atoms with Gasteiger partial charge in [-0.2, -0.15) is 0 Å². The molecular formula is C30H38FNO3S. The molecule has 4 nitrogen and oxygen atoms in total. The maximum atomic E-state index is 14.6. The predicted molar refractivity (Wildman–Crippen MR) is 147 cm³/mol. The maximum Gasteiger partial charge on any atom is 0.213 e. The summed E-state index contributed by atoms with van der Waals surface area (Å²) in [6, 6.07) is 13.2. The molecule has 0 saturated carbocycles. The lowest BCUT2D eigenvalue weighted by atomic mass is 9.97. The van der Waals surface area contributed by atoms with Gasteiger partial charge in [-0.05, 0) is 85.5 Å². The number of aromatic nitrogens is 1. The summed E-state index contributed by atoms with van der Waals surface area (Å²) in [7, 11) is -0.822. The highest BCUT2D eigenvalue weighted by Crippen LogP contribution is 2.32. The Morgan fingerprint density at radius 2 is 1.78 bits per heavy atom. The van der Waals surface area contributed by atoms with Crippen LogP contribution in [-0.2, 0) is 30.2 Å². The molecule has 0 fully saturated rings. The van der Waals surface area contributed by atoms with Crippen molar-refractivity contribution in [2.75, 3.05) is 18.6 Å². The third kappa shape index (κ3) is 7.16. The highest BCUT2D eigenvalue weighted by atomic mass is 32.2. The average molecular weight is 512 g/mol. The van der Waals surface area contributed by atoms with E-state index in [1.165, 1.54) is 17.2 Å². The SMILES string of the molecule is CC.Cc1cc(OCCCS(C)=O)nc(C)c1-c1ccc(F)c(COc2ccc3c(c2)CC(C)C3)c1. The van der Waals surface area contributed by atoms with Crippen molar-refractivity contribution >= 4 is 10.8 Å². The molecule has 0 spiro atoms. The zero-order chi connectivity index (χ0) is 26.2. The van der Waals surface area contributed by atoms with Crippen LogP contribution in [0.5, 0.6) is 11.6 Å². The van der Waals surface area contributed by atoms with E-state index in [0.717, 1.165) is 47.4 Å². The van der Waals surface area contributed by atoms with Gasteiger partial charge in [-0.25, -0.2) is 9.37 Å². The van der Waals surface area contributed by atoms with Gasteiger partial charge in [0.25, 0.3) is 0 Å². The Labute approximate surface area is 217 Å². The molecule has 1 aliphatic carbocycles. The van der Waals surface area contributed by atoms with Crippen LogP contribution in [0.15, 0.2) is 42.5 Å². The monoisotopic (exact) mass is 511 g/mol. The van der Waals surface area contributed by atoms with Gasteiger partial charge < -0.3 is 9.47 Å². The van der Waals surface area contributed by atoms with E-state index in [-0.39, 0.29) is 12.4 Å². The second-order valence-electron chi connectivity index (χ2n) is 9.26. The zero-order valence-corrected chi connectivity index (χ0v) is 23.1. The fourth-order valence-electron chi connectivity index (χ4n) is 4.65. The molecule has 0 bridgehead atoms. The minimum absolute atomic E-state index is 0.166. The number of hydrogen-bond donors (Lipinski definition) is 0. The Hall–Kier alpha value is -2.73. The van der Waals surface area contributed by atoms with Gasteiger partial charge >= 0.3 is 0 Å². The molecule has 2 unspecified atom stereocenters. The summed E-state index contributed by atoms with van der Waals surface area (Å²) in [6.07, 6.45) is 4.59. The lowest BCUT2D eigenvalue weighted by molar-refractivity contribution is 0.299. The van der Waals surface area contributed by atoms with Gasteiger partial charge in [0.2, 0.25) is 5.88 Å². The molecule has 2 atom stereocenters. The minimum Gasteiger partial charge on any atom is -0.489 e.